The van der Waals surface area contributed by atoms with Gasteiger partial charge >= 0.3 is 0 Å². The average molecular weight is 228 g/mol. The Balaban J connectivity index is 1.93. The molecule has 3 heterocycles. The first-order chi connectivity index (χ1) is 8.22. The maximum absolute atomic E-state index is 4.34. The fraction of sp³-hybridized carbons (Fsp3) is 0.182. The summed E-state index contributed by atoms with van der Waals surface area (Å²) in [4.78, 5) is 11.6. The van der Waals surface area contributed by atoms with E-state index in [2.05, 4.69) is 25.4 Å². The Labute approximate surface area is 97.7 Å². The Morgan fingerprint density at radius 1 is 1.41 bits per heavy atom. The SMILES string of the molecule is Cc1cc(Nc2ncc3cc[nH]c3n2)nn1C. The highest BCUT2D eigenvalue weighted by atomic mass is 15.3. The lowest BCUT2D eigenvalue weighted by molar-refractivity contribution is 0.743. The van der Waals surface area contributed by atoms with Crippen molar-refractivity contribution < 1.29 is 0 Å². The quantitative estimate of drug-likeness (QED) is 0.700. The molecule has 0 aliphatic rings. The number of nitrogens with one attached hydrogen (secondary N) is 2. The number of nitrogens with zero attached hydrogens (tertiary/aromatic N) is 4. The Hall–Kier alpha value is -2.37. The molecule has 0 amide bonds. The van der Waals surface area contributed by atoms with E-state index in [9.17, 15) is 0 Å². The van der Waals surface area contributed by atoms with Crippen LogP contribution in [-0.4, -0.2) is 24.7 Å². The van der Waals surface area contributed by atoms with Crippen LogP contribution >= 0.6 is 0 Å². The van der Waals surface area contributed by atoms with Crippen molar-refractivity contribution in [3.63, 3.8) is 0 Å². The lowest BCUT2D eigenvalue weighted by atomic mass is 10.4. The molecule has 0 saturated carbocycles. The summed E-state index contributed by atoms with van der Waals surface area (Å²) in [5.41, 5.74) is 1.89. The largest absolute Gasteiger partial charge is 0.346 e. The van der Waals surface area contributed by atoms with Gasteiger partial charge in [-0.2, -0.15) is 10.1 Å². The fourth-order valence-electron chi connectivity index (χ4n) is 1.64. The van der Waals surface area contributed by atoms with E-state index in [1.807, 2.05) is 32.3 Å². The zero-order valence-corrected chi connectivity index (χ0v) is 9.60. The smallest absolute Gasteiger partial charge is 0.230 e. The lowest BCUT2D eigenvalue weighted by Crippen LogP contribution is -1.98. The van der Waals surface area contributed by atoms with Crippen LogP contribution in [0.3, 0.4) is 0 Å². The van der Waals surface area contributed by atoms with Crippen molar-refractivity contribution in [1.82, 2.24) is 24.7 Å². The number of anilines is 2. The van der Waals surface area contributed by atoms with Gasteiger partial charge in [-0.25, -0.2) is 4.98 Å². The van der Waals surface area contributed by atoms with E-state index in [1.54, 1.807) is 10.9 Å². The van der Waals surface area contributed by atoms with Crippen LogP contribution in [0.25, 0.3) is 11.0 Å². The van der Waals surface area contributed by atoms with Crippen LogP contribution in [0.4, 0.5) is 11.8 Å². The van der Waals surface area contributed by atoms with Gasteiger partial charge in [-0.15, -0.1) is 0 Å². The molecule has 2 N–H and O–H groups in total. The van der Waals surface area contributed by atoms with Crippen LogP contribution in [0.15, 0.2) is 24.5 Å². The maximum atomic E-state index is 4.34. The predicted molar refractivity (Wildman–Crippen MR) is 65.1 cm³/mol. The summed E-state index contributed by atoms with van der Waals surface area (Å²) in [7, 11) is 1.90. The molecule has 0 spiro atoms. The molecule has 6 nitrogen and oxygen atoms in total. The van der Waals surface area contributed by atoms with Gasteiger partial charge in [-0.05, 0) is 13.0 Å². The summed E-state index contributed by atoms with van der Waals surface area (Å²) >= 11 is 0. The van der Waals surface area contributed by atoms with E-state index in [-0.39, 0.29) is 0 Å². The van der Waals surface area contributed by atoms with Gasteiger partial charge in [0.1, 0.15) is 5.65 Å². The summed E-state index contributed by atoms with van der Waals surface area (Å²) in [6.45, 7) is 1.99. The molecule has 17 heavy (non-hydrogen) atoms. The number of H-pyrrole nitrogens is 1. The number of hydrogen-bond donors (Lipinski definition) is 2. The molecule has 0 fully saturated rings. The first-order valence-electron chi connectivity index (χ1n) is 5.30. The Morgan fingerprint density at radius 3 is 3.06 bits per heavy atom. The molecule has 3 aromatic heterocycles. The van der Waals surface area contributed by atoms with E-state index < -0.39 is 0 Å². The number of hydrogen-bond acceptors (Lipinski definition) is 4. The van der Waals surface area contributed by atoms with Crippen molar-refractivity contribution in [2.75, 3.05) is 5.32 Å². The van der Waals surface area contributed by atoms with Gasteiger partial charge in [0.05, 0.1) is 0 Å². The predicted octanol–water partition coefficient (Wildman–Crippen LogP) is 1.74. The maximum Gasteiger partial charge on any atom is 0.230 e. The van der Waals surface area contributed by atoms with Crippen LogP contribution < -0.4 is 5.32 Å². The second kappa shape index (κ2) is 3.58. The van der Waals surface area contributed by atoms with Crippen molar-refractivity contribution in [1.29, 1.82) is 0 Å². The first-order valence-corrected chi connectivity index (χ1v) is 5.30. The fourth-order valence-corrected chi connectivity index (χ4v) is 1.64. The van der Waals surface area contributed by atoms with Crippen molar-refractivity contribution in [3.8, 4) is 0 Å². The molecular weight excluding hydrogens is 216 g/mol. The van der Waals surface area contributed by atoms with Gasteiger partial charge in [-0.1, -0.05) is 0 Å². The number of aromatic amines is 1. The zero-order valence-electron chi connectivity index (χ0n) is 9.60. The molecule has 0 unspecified atom stereocenters. The molecule has 0 saturated heterocycles. The number of rotatable bonds is 2. The van der Waals surface area contributed by atoms with Gasteiger partial charge in [0.15, 0.2) is 5.82 Å². The zero-order chi connectivity index (χ0) is 11.8. The van der Waals surface area contributed by atoms with Crippen LogP contribution in [0.2, 0.25) is 0 Å². The molecule has 0 aliphatic heterocycles. The standard InChI is InChI=1S/C11H12N6/c1-7-5-9(16-17(7)2)14-11-13-6-8-3-4-12-10(8)15-11/h3-6H,1-2H3,(H2,12,13,14,15,16). The van der Waals surface area contributed by atoms with Gasteiger partial charge < -0.3 is 10.3 Å². The highest BCUT2D eigenvalue weighted by molar-refractivity contribution is 5.75. The molecule has 0 bridgehead atoms. The second-order valence-corrected chi connectivity index (χ2v) is 3.89. The number of aryl methyl sites for hydroxylation is 2. The Morgan fingerprint density at radius 2 is 2.29 bits per heavy atom. The normalized spacial score (nSPS) is 10.9. The molecule has 3 aromatic rings. The lowest BCUT2D eigenvalue weighted by Gasteiger charge is -1.99. The molecule has 0 aromatic carbocycles. The minimum atomic E-state index is 0.540. The average Bonchev–Trinajstić information content (AvgIpc) is 2.86. The molecule has 3 rings (SSSR count). The van der Waals surface area contributed by atoms with Crippen molar-refractivity contribution in [2.24, 2.45) is 7.05 Å². The minimum absolute atomic E-state index is 0.540. The van der Waals surface area contributed by atoms with Crippen LogP contribution in [-0.2, 0) is 7.05 Å². The van der Waals surface area contributed by atoms with Gasteiger partial charge in [0.25, 0.3) is 0 Å². The molecule has 0 aliphatic carbocycles. The van der Waals surface area contributed by atoms with Gasteiger partial charge in [-0.3, -0.25) is 4.68 Å². The summed E-state index contributed by atoms with van der Waals surface area (Å²) in [6.07, 6.45) is 3.62. The molecule has 0 radical (unpaired) electrons. The van der Waals surface area contributed by atoms with Crippen molar-refractivity contribution >= 4 is 22.8 Å². The molecular formula is C11H12N6. The third kappa shape index (κ3) is 1.73. The third-order valence-corrected chi connectivity index (χ3v) is 2.65. The summed E-state index contributed by atoms with van der Waals surface area (Å²) in [6, 6.07) is 3.88. The summed E-state index contributed by atoms with van der Waals surface area (Å²) in [5, 5.41) is 8.36. The second-order valence-electron chi connectivity index (χ2n) is 3.89. The number of fused-ring (bicyclic) bond motifs is 1. The van der Waals surface area contributed by atoms with E-state index >= 15 is 0 Å². The molecule has 86 valence electrons. The third-order valence-electron chi connectivity index (χ3n) is 2.65. The van der Waals surface area contributed by atoms with E-state index in [1.165, 1.54) is 0 Å². The highest BCUT2D eigenvalue weighted by Gasteiger charge is 2.04. The highest BCUT2D eigenvalue weighted by Crippen LogP contribution is 2.14. The topological polar surface area (TPSA) is 71.4 Å². The van der Waals surface area contributed by atoms with Crippen molar-refractivity contribution in [2.45, 2.75) is 6.92 Å². The Kier molecular flexibility index (Phi) is 2.07. The van der Waals surface area contributed by atoms with Crippen LogP contribution in [0.5, 0.6) is 0 Å². The van der Waals surface area contributed by atoms with Crippen LogP contribution in [0, 0.1) is 6.92 Å². The van der Waals surface area contributed by atoms with E-state index in [0.29, 0.717) is 5.95 Å². The monoisotopic (exact) mass is 228 g/mol. The summed E-state index contributed by atoms with van der Waals surface area (Å²) in [5.74, 6) is 1.29. The summed E-state index contributed by atoms with van der Waals surface area (Å²) < 4.78 is 1.80. The van der Waals surface area contributed by atoms with E-state index in [0.717, 1.165) is 22.5 Å². The Bertz CT molecular complexity index is 646. The van der Waals surface area contributed by atoms with Gasteiger partial charge in [0, 0.05) is 36.6 Å². The minimum Gasteiger partial charge on any atom is -0.346 e. The number of aromatic nitrogens is 5. The van der Waals surface area contributed by atoms with E-state index in [4.69, 9.17) is 0 Å². The molecule has 6 heteroatoms. The molecule has 0 atom stereocenters. The first kappa shape index (κ1) is 9.83. The van der Waals surface area contributed by atoms with Gasteiger partial charge in [0.2, 0.25) is 5.95 Å². The van der Waals surface area contributed by atoms with Crippen LogP contribution in [0.1, 0.15) is 5.69 Å². The van der Waals surface area contributed by atoms with Crippen molar-refractivity contribution in [3.05, 3.63) is 30.2 Å².